The van der Waals surface area contributed by atoms with Gasteiger partial charge in [0.2, 0.25) is 5.78 Å². The third-order valence-electron chi connectivity index (χ3n) is 5.03. The lowest BCUT2D eigenvalue weighted by molar-refractivity contribution is 0.0461. The number of nitrogens with zero attached hydrogens (tertiary/aromatic N) is 4. The van der Waals surface area contributed by atoms with Crippen molar-refractivity contribution >= 4 is 34.3 Å². The number of hydrogen-bond acceptors (Lipinski definition) is 7. The molecule has 0 aliphatic rings. The molecule has 0 aliphatic carbocycles. The molecule has 0 fully saturated rings. The number of esters is 1. The van der Waals surface area contributed by atoms with Crippen LogP contribution in [0.5, 0.6) is 11.5 Å². The average molecular weight is 457 g/mol. The first-order chi connectivity index (χ1) is 15.3. The minimum atomic E-state index is -0.616. The van der Waals surface area contributed by atoms with Crippen molar-refractivity contribution in [2.24, 2.45) is 7.05 Å². The topological polar surface area (TPSA) is 97.0 Å². The van der Waals surface area contributed by atoms with Crippen molar-refractivity contribution in [3.05, 3.63) is 62.7 Å². The van der Waals surface area contributed by atoms with Crippen LogP contribution in [0.3, 0.4) is 0 Å². The first kappa shape index (κ1) is 21.6. The molecule has 9 nitrogen and oxygen atoms in total. The Hall–Kier alpha value is -3.59. The number of aryl methyl sites for hydroxylation is 2. The second-order valence-electron chi connectivity index (χ2n) is 7.14. The SMILES string of the molecule is CCOc1c(Cl)cc(C(=O)OCc2nnc3n(C)c(=O)c4cc(C)ccc4n23)cc1OC. The lowest BCUT2D eigenvalue weighted by Crippen LogP contribution is -2.20. The highest BCUT2D eigenvalue weighted by Crippen LogP contribution is 2.36. The Morgan fingerprint density at radius 3 is 2.69 bits per heavy atom. The molecule has 2 aromatic heterocycles. The van der Waals surface area contributed by atoms with E-state index in [2.05, 4.69) is 10.2 Å². The number of methoxy groups -OCH3 is 1. The molecule has 10 heteroatoms. The van der Waals surface area contributed by atoms with Crippen LogP contribution in [0.2, 0.25) is 5.02 Å². The van der Waals surface area contributed by atoms with Crippen molar-refractivity contribution in [3.63, 3.8) is 0 Å². The first-order valence-electron chi connectivity index (χ1n) is 9.86. The zero-order chi connectivity index (χ0) is 23.0. The zero-order valence-electron chi connectivity index (χ0n) is 18.0. The van der Waals surface area contributed by atoms with Crippen LogP contribution in [0.1, 0.15) is 28.7 Å². The van der Waals surface area contributed by atoms with Crippen LogP contribution < -0.4 is 15.0 Å². The Morgan fingerprint density at radius 2 is 1.97 bits per heavy atom. The molecule has 166 valence electrons. The number of fused-ring (bicyclic) bond motifs is 3. The second-order valence-corrected chi connectivity index (χ2v) is 7.54. The van der Waals surface area contributed by atoms with Crippen LogP contribution in [0, 0.1) is 6.92 Å². The molecule has 0 bridgehead atoms. The summed E-state index contributed by atoms with van der Waals surface area (Å²) in [6, 6.07) is 8.49. The summed E-state index contributed by atoms with van der Waals surface area (Å²) in [5.74, 6) is 0.801. The molecule has 0 aliphatic heterocycles. The van der Waals surface area contributed by atoms with E-state index in [9.17, 15) is 9.59 Å². The summed E-state index contributed by atoms with van der Waals surface area (Å²) in [6.07, 6.45) is 0. The molecule has 0 amide bonds. The molecule has 0 spiro atoms. The van der Waals surface area contributed by atoms with Crippen LogP contribution in [0.4, 0.5) is 0 Å². The van der Waals surface area contributed by atoms with Gasteiger partial charge < -0.3 is 14.2 Å². The molecule has 2 aromatic carbocycles. The standard InChI is InChI=1S/C22H21ClN4O5/c1-5-31-19-15(23)9-13(10-17(19)30-4)21(29)32-11-18-24-25-22-26(3)20(28)14-8-12(2)6-7-16(14)27(18)22/h6-10H,5,11H2,1-4H3. The van der Waals surface area contributed by atoms with Gasteiger partial charge in [-0.05, 0) is 38.1 Å². The van der Waals surface area contributed by atoms with E-state index in [1.54, 1.807) is 17.5 Å². The molecule has 4 rings (SSSR count). The molecule has 0 atom stereocenters. The summed E-state index contributed by atoms with van der Waals surface area (Å²) in [7, 11) is 3.08. The third kappa shape index (κ3) is 3.64. The van der Waals surface area contributed by atoms with Gasteiger partial charge in [0.15, 0.2) is 23.9 Å². The summed E-state index contributed by atoms with van der Waals surface area (Å²) in [4.78, 5) is 25.4. The summed E-state index contributed by atoms with van der Waals surface area (Å²) < 4.78 is 19.3. The lowest BCUT2D eigenvalue weighted by atomic mass is 10.1. The van der Waals surface area contributed by atoms with Crippen molar-refractivity contribution in [2.75, 3.05) is 13.7 Å². The van der Waals surface area contributed by atoms with Gasteiger partial charge in [0.05, 0.1) is 35.2 Å². The number of aromatic nitrogens is 4. The number of benzene rings is 2. The van der Waals surface area contributed by atoms with Gasteiger partial charge in [0, 0.05) is 7.05 Å². The Labute approximate surface area is 188 Å². The molecule has 4 aromatic rings. The maximum atomic E-state index is 12.7. The zero-order valence-corrected chi connectivity index (χ0v) is 18.8. The quantitative estimate of drug-likeness (QED) is 0.410. The van der Waals surface area contributed by atoms with Gasteiger partial charge in [-0.25, -0.2) is 4.79 Å². The predicted molar refractivity (Wildman–Crippen MR) is 119 cm³/mol. The Bertz CT molecular complexity index is 1410. The number of hydrogen-bond donors (Lipinski definition) is 0. The molecule has 0 N–H and O–H groups in total. The molecule has 32 heavy (non-hydrogen) atoms. The van der Waals surface area contributed by atoms with Crippen molar-refractivity contribution in [2.45, 2.75) is 20.5 Å². The van der Waals surface area contributed by atoms with Crippen molar-refractivity contribution < 1.29 is 19.0 Å². The van der Waals surface area contributed by atoms with Crippen molar-refractivity contribution in [1.82, 2.24) is 19.2 Å². The first-order valence-corrected chi connectivity index (χ1v) is 10.2. The predicted octanol–water partition coefficient (Wildman–Crippen LogP) is 3.31. The van der Waals surface area contributed by atoms with Crippen LogP contribution >= 0.6 is 11.6 Å². The molecular formula is C22H21ClN4O5. The smallest absolute Gasteiger partial charge is 0.338 e. The number of rotatable bonds is 6. The van der Waals surface area contributed by atoms with E-state index in [4.69, 9.17) is 25.8 Å². The molecule has 0 saturated carbocycles. The fourth-order valence-electron chi connectivity index (χ4n) is 3.49. The van der Waals surface area contributed by atoms with Crippen LogP contribution in [-0.2, 0) is 18.4 Å². The molecule has 2 heterocycles. The van der Waals surface area contributed by atoms with Crippen molar-refractivity contribution in [3.8, 4) is 11.5 Å². The van der Waals surface area contributed by atoms with E-state index >= 15 is 0 Å². The average Bonchev–Trinajstić information content (AvgIpc) is 3.21. The molecule has 0 saturated heterocycles. The highest BCUT2D eigenvalue weighted by molar-refractivity contribution is 6.32. The number of carbonyl (C=O) groups excluding carboxylic acids is 1. The highest BCUT2D eigenvalue weighted by Gasteiger charge is 2.19. The fraction of sp³-hybridized carbons (Fsp3) is 0.273. The summed E-state index contributed by atoms with van der Waals surface area (Å²) in [5, 5.41) is 9.00. The van der Waals surface area contributed by atoms with Gasteiger partial charge >= 0.3 is 5.97 Å². The monoisotopic (exact) mass is 456 g/mol. The number of halogens is 1. The van der Waals surface area contributed by atoms with E-state index in [0.29, 0.717) is 40.6 Å². The summed E-state index contributed by atoms with van der Waals surface area (Å²) in [5.41, 5.74) is 1.62. The van der Waals surface area contributed by atoms with E-state index < -0.39 is 5.97 Å². The Morgan fingerprint density at radius 1 is 1.19 bits per heavy atom. The molecular weight excluding hydrogens is 436 g/mol. The maximum absolute atomic E-state index is 12.7. The molecule has 0 radical (unpaired) electrons. The van der Waals surface area contributed by atoms with Gasteiger partial charge in [0.1, 0.15) is 0 Å². The second kappa shape index (κ2) is 8.51. The summed E-state index contributed by atoms with van der Waals surface area (Å²) >= 11 is 6.25. The van der Waals surface area contributed by atoms with Crippen LogP contribution in [-0.4, -0.2) is 38.9 Å². The van der Waals surface area contributed by atoms with E-state index in [-0.39, 0.29) is 22.8 Å². The van der Waals surface area contributed by atoms with Gasteiger partial charge in [-0.1, -0.05) is 23.2 Å². The third-order valence-corrected chi connectivity index (χ3v) is 5.31. The van der Waals surface area contributed by atoms with Crippen LogP contribution in [0.15, 0.2) is 35.1 Å². The van der Waals surface area contributed by atoms with Crippen molar-refractivity contribution in [1.29, 1.82) is 0 Å². The number of carbonyl (C=O) groups is 1. The lowest BCUT2D eigenvalue weighted by Gasteiger charge is -2.13. The highest BCUT2D eigenvalue weighted by atomic mass is 35.5. The number of ether oxygens (including phenoxy) is 3. The minimum absolute atomic E-state index is 0.158. The minimum Gasteiger partial charge on any atom is -0.493 e. The van der Waals surface area contributed by atoms with E-state index in [1.807, 2.05) is 26.0 Å². The van der Waals surface area contributed by atoms with Crippen LogP contribution in [0.25, 0.3) is 16.7 Å². The van der Waals surface area contributed by atoms with E-state index in [0.717, 1.165) is 5.56 Å². The van der Waals surface area contributed by atoms with Gasteiger partial charge in [-0.15, -0.1) is 10.2 Å². The maximum Gasteiger partial charge on any atom is 0.338 e. The van der Waals surface area contributed by atoms with Gasteiger partial charge in [-0.2, -0.15) is 0 Å². The Balaban J connectivity index is 1.68. The molecule has 0 unspecified atom stereocenters. The fourth-order valence-corrected chi connectivity index (χ4v) is 3.75. The Kier molecular flexibility index (Phi) is 5.75. The largest absolute Gasteiger partial charge is 0.493 e. The summed E-state index contributed by atoms with van der Waals surface area (Å²) in [6.45, 7) is 3.97. The van der Waals surface area contributed by atoms with Gasteiger partial charge in [0.25, 0.3) is 5.56 Å². The normalized spacial score (nSPS) is 11.2. The van der Waals surface area contributed by atoms with Gasteiger partial charge in [-0.3, -0.25) is 13.8 Å². The van der Waals surface area contributed by atoms with E-state index in [1.165, 1.54) is 23.8 Å².